The van der Waals surface area contributed by atoms with E-state index >= 15 is 0 Å². The van der Waals surface area contributed by atoms with Crippen molar-refractivity contribution in [2.75, 3.05) is 18.8 Å². The molecule has 1 aliphatic heterocycles. The maximum Gasteiger partial charge on any atom is 0.410 e. The van der Waals surface area contributed by atoms with Crippen molar-refractivity contribution in [3.8, 4) is 0 Å². The van der Waals surface area contributed by atoms with Gasteiger partial charge in [-0.3, -0.25) is 0 Å². The Morgan fingerprint density at radius 2 is 1.92 bits per heavy atom. The molecule has 0 bridgehead atoms. The van der Waals surface area contributed by atoms with Gasteiger partial charge in [-0.05, 0) is 57.7 Å². The van der Waals surface area contributed by atoms with Gasteiger partial charge in [0.2, 0.25) is 0 Å². The second-order valence-electron chi connectivity index (χ2n) is 7.27. The van der Waals surface area contributed by atoms with Gasteiger partial charge in [0, 0.05) is 17.6 Å². The number of hydrogen-bond acceptors (Lipinski definition) is 4. The number of nitrogens with zero attached hydrogens (tertiary/aromatic N) is 1. The Morgan fingerprint density at radius 3 is 2.44 bits per heavy atom. The number of hydrogen-bond donors (Lipinski definition) is 0. The monoisotopic (exact) mass is 451 g/mol. The average Bonchev–Trinajstić information content (AvgIpc) is 2.45. The summed E-state index contributed by atoms with van der Waals surface area (Å²) in [6, 6.07) is 4.78. The van der Waals surface area contributed by atoms with E-state index in [0.29, 0.717) is 25.9 Å². The van der Waals surface area contributed by atoms with Crippen LogP contribution < -0.4 is 0 Å². The Kier molecular flexibility index (Phi) is 6.44. The Hall–Kier alpha value is -0.790. The maximum absolute atomic E-state index is 12.6. The van der Waals surface area contributed by atoms with Gasteiger partial charge in [0.1, 0.15) is 5.60 Å². The molecule has 1 heterocycles. The molecule has 1 amide bonds. The molecular formula is C17H23BrClNO4S. The molecule has 1 aliphatic rings. The highest BCUT2D eigenvalue weighted by Gasteiger charge is 2.30. The van der Waals surface area contributed by atoms with E-state index in [0.717, 1.165) is 4.47 Å². The highest BCUT2D eigenvalue weighted by Crippen LogP contribution is 2.29. The van der Waals surface area contributed by atoms with Crippen molar-refractivity contribution in [2.24, 2.45) is 5.92 Å². The number of carbonyl (C=O) groups excluding carboxylic acids is 1. The molecule has 0 radical (unpaired) electrons. The van der Waals surface area contributed by atoms with Gasteiger partial charge in [0.05, 0.1) is 15.7 Å². The molecule has 0 aliphatic carbocycles. The Bertz CT molecular complexity index is 738. The number of piperidine rings is 1. The molecule has 0 N–H and O–H groups in total. The van der Waals surface area contributed by atoms with Crippen LogP contribution in [0.4, 0.5) is 4.79 Å². The second-order valence-corrected chi connectivity index (χ2v) is 10.6. The second kappa shape index (κ2) is 7.84. The van der Waals surface area contributed by atoms with E-state index in [4.69, 9.17) is 16.3 Å². The van der Waals surface area contributed by atoms with Crippen LogP contribution in [-0.2, 0) is 14.6 Å². The highest BCUT2D eigenvalue weighted by molar-refractivity contribution is 9.10. The normalized spacial score (nSPS) is 16.8. The Morgan fingerprint density at radius 1 is 1.32 bits per heavy atom. The first kappa shape index (κ1) is 20.5. The third kappa shape index (κ3) is 5.86. The summed E-state index contributed by atoms with van der Waals surface area (Å²) >= 11 is 9.35. The summed E-state index contributed by atoms with van der Waals surface area (Å²) in [4.78, 5) is 13.9. The van der Waals surface area contributed by atoms with E-state index in [1.165, 1.54) is 6.07 Å². The minimum atomic E-state index is -3.46. The predicted octanol–water partition coefficient (Wildman–Crippen LogP) is 4.52. The van der Waals surface area contributed by atoms with Gasteiger partial charge in [-0.25, -0.2) is 13.2 Å². The van der Waals surface area contributed by atoms with Crippen LogP contribution in [0.2, 0.25) is 5.02 Å². The third-order valence-corrected chi connectivity index (χ3v) is 6.80. The topological polar surface area (TPSA) is 63.7 Å². The maximum atomic E-state index is 12.6. The molecule has 1 saturated heterocycles. The van der Waals surface area contributed by atoms with Crippen molar-refractivity contribution in [1.82, 2.24) is 4.90 Å². The Balaban J connectivity index is 1.96. The number of ether oxygens (including phenoxy) is 1. The summed E-state index contributed by atoms with van der Waals surface area (Å²) in [6.45, 7) is 6.48. The molecule has 0 aromatic heterocycles. The number of benzene rings is 1. The zero-order valence-corrected chi connectivity index (χ0v) is 17.7. The third-order valence-electron chi connectivity index (χ3n) is 3.95. The summed E-state index contributed by atoms with van der Waals surface area (Å²) < 4.78 is 31.4. The molecule has 0 spiro atoms. The summed E-state index contributed by atoms with van der Waals surface area (Å²) in [6.07, 6.45) is 0.920. The molecule has 0 unspecified atom stereocenters. The minimum absolute atomic E-state index is 0.00315. The molecule has 0 saturated carbocycles. The van der Waals surface area contributed by atoms with Crippen LogP contribution in [0.25, 0.3) is 0 Å². The summed E-state index contributed by atoms with van der Waals surface area (Å²) in [5.74, 6) is 0.0414. The fraction of sp³-hybridized carbons (Fsp3) is 0.588. The van der Waals surface area contributed by atoms with Gasteiger partial charge < -0.3 is 9.64 Å². The van der Waals surface area contributed by atoms with Gasteiger partial charge >= 0.3 is 6.09 Å². The lowest BCUT2D eigenvalue weighted by molar-refractivity contribution is 0.0191. The van der Waals surface area contributed by atoms with Crippen molar-refractivity contribution >= 4 is 43.5 Å². The van der Waals surface area contributed by atoms with Crippen molar-refractivity contribution < 1.29 is 17.9 Å². The van der Waals surface area contributed by atoms with Gasteiger partial charge in [-0.15, -0.1) is 0 Å². The Labute approximate surface area is 162 Å². The van der Waals surface area contributed by atoms with Crippen molar-refractivity contribution in [3.05, 3.63) is 27.7 Å². The number of halogens is 2. The first-order valence-corrected chi connectivity index (χ1v) is 11.0. The first-order valence-electron chi connectivity index (χ1n) is 8.14. The van der Waals surface area contributed by atoms with Crippen molar-refractivity contribution in [3.63, 3.8) is 0 Å². The SMILES string of the molecule is CC(C)(C)OC(=O)N1CCC(CS(=O)(=O)c2ccc(Br)cc2Cl)CC1. The molecule has 2 rings (SSSR count). The molecule has 8 heteroatoms. The average molecular weight is 453 g/mol. The quantitative estimate of drug-likeness (QED) is 0.676. The largest absolute Gasteiger partial charge is 0.444 e. The van der Waals surface area contributed by atoms with E-state index in [2.05, 4.69) is 15.9 Å². The van der Waals surface area contributed by atoms with Crippen LogP contribution in [0.3, 0.4) is 0 Å². The summed E-state index contributed by atoms with van der Waals surface area (Å²) in [5.41, 5.74) is -0.532. The van der Waals surface area contributed by atoms with Gasteiger partial charge in [-0.1, -0.05) is 27.5 Å². The van der Waals surface area contributed by atoms with E-state index < -0.39 is 15.4 Å². The summed E-state index contributed by atoms with van der Waals surface area (Å²) in [7, 11) is -3.46. The fourth-order valence-corrected chi connectivity index (χ4v) is 5.53. The van der Waals surface area contributed by atoms with Crippen molar-refractivity contribution in [2.45, 2.75) is 44.1 Å². The lowest BCUT2D eigenvalue weighted by Crippen LogP contribution is -2.42. The summed E-state index contributed by atoms with van der Waals surface area (Å²) in [5, 5.41) is 0.223. The van der Waals surface area contributed by atoms with Gasteiger partial charge in [-0.2, -0.15) is 0 Å². The number of amides is 1. The molecular weight excluding hydrogens is 430 g/mol. The van der Waals surface area contributed by atoms with Crippen LogP contribution in [-0.4, -0.2) is 43.9 Å². The fourth-order valence-electron chi connectivity index (χ4n) is 2.74. The lowest BCUT2D eigenvalue weighted by atomic mass is 9.99. The molecule has 1 aromatic rings. The molecule has 1 fully saturated rings. The van der Waals surface area contributed by atoms with Crippen LogP contribution in [0.15, 0.2) is 27.6 Å². The lowest BCUT2D eigenvalue weighted by Gasteiger charge is -2.33. The molecule has 5 nitrogen and oxygen atoms in total. The predicted molar refractivity (Wildman–Crippen MR) is 102 cm³/mol. The number of rotatable bonds is 3. The standard InChI is InChI=1S/C17H23BrClNO4S/c1-17(2,3)24-16(21)20-8-6-12(7-9-20)11-25(22,23)15-5-4-13(18)10-14(15)19/h4-5,10,12H,6-9,11H2,1-3H3. The van der Waals surface area contributed by atoms with Gasteiger partial charge in [0.15, 0.2) is 9.84 Å². The van der Waals surface area contributed by atoms with Crippen LogP contribution in [0.1, 0.15) is 33.6 Å². The molecule has 25 heavy (non-hydrogen) atoms. The van der Waals surface area contributed by atoms with Crippen LogP contribution in [0.5, 0.6) is 0 Å². The number of sulfone groups is 1. The zero-order valence-electron chi connectivity index (χ0n) is 14.6. The van der Waals surface area contributed by atoms with E-state index in [1.807, 2.05) is 20.8 Å². The van der Waals surface area contributed by atoms with Crippen LogP contribution >= 0.6 is 27.5 Å². The number of carbonyl (C=O) groups is 1. The molecule has 140 valence electrons. The van der Waals surface area contributed by atoms with Gasteiger partial charge in [0.25, 0.3) is 0 Å². The minimum Gasteiger partial charge on any atom is -0.444 e. The van der Waals surface area contributed by atoms with E-state index in [-0.39, 0.29) is 27.7 Å². The molecule has 1 aromatic carbocycles. The van der Waals surface area contributed by atoms with E-state index in [9.17, 15) is 13.2 Å². The molecule has 0 atom stereocenters. The van der Waals surface area contributed by atoms with Crippen molar-refractivity contribution in [1.29, 1.82) is 0 Å². The zero-order chi connectivity index (χ0) is 18.8. The van der Waals surface area contributed by atoms with E-state index in [1.54, 1.807) is 17.0 Å². The van der Waals surface area contributed by atoms with Crippen LogP contribution in [0, 0.1) is 5.92 Å². The number of likely N-dealkylation sites (tertiary alicyclic amines) is 1. The highest BCUT2D eigenvalue weighted by atomic mass is 79.9. The first-order chi connectivity index (χ1) is 11.5. The smallest absolute Gasteiger partial charge is 0.410 e.